The first-order chi connectivity index (χ1) is 8.20. The molecule has 1 unspecified atom stereocenters. The van der Waals surface area contributed by atoms with Gasteiger partial charge in [-0.25, -0.2) is 0 Å². The maximum atomic E-state index is 5.82. The Labute approximate surface area is 106 Å². The molecule has 86 valence electrons. The third-order valence-corrected chi connectivity index (χ3v) is 2.83. The number of benzene rings is 1. The molecule has 1 atom stereocenters. The monoisotopic (exact) mass is 244 g/mol. The zero-order valence-electron chi connectivity index (χ0n) is 9.60. The van der Waals surface area contributed by atoms with Crippen molar-refractivity contribution in [2.24, 2.45) is 4.99 Å². The molecule has 0 aliphatic heterocycles. The van der Waals surface area contributed by atoms with Crippen molar-refractivity contribution in [3.63, 3.8) is 0 Å². The molecular weight excluding hydrogens is 232 g/mol. The van der Waals surface area contributed by atoms with Gasteiger partial charge >= 0.3 is 0 Å². The molecule has 0 N–H and O–H groups in total. The summed E-state index contributed by atoms with van der Waals surface area (Å²) in [5.74, 6) is 0. The second-order valence-corrected chi connectivity index (χ2v) is 4.33. The Kier molecular flexibility index (Phi) is 3.55. The largest absolute Gasteiger partial charge is 0.286 e. The van der Waals surface area contributed by atoms with Crippen molar-refractivity contribution in [2.45, 2.75) is 13.0 Å². The minimum Gasteiger partial charge on any atom is -0.286 e. The summed E-state index contributed by atoms with van der Waals surface area (Å²) in [5, 5.41) is 0.625. The van der Waals surface area contributed by atoms with Crippen LogP contribution in [0.4, 0.5) is 0 Å². The maximum absolute atomic E-state index is 5.82. The topological polar surface area (TPSA) is 25.2 Å². The summed E-state index contributed by atoms with van der Waals surface area (Å²) in [6.07, 6.45) is 1.63. The molecule has 1 aromatic carbocycles. The smallest absolute Gasteiger partial charge is 0.116 e. The molecule has 3 heteroatoms. The van der Waals surface area contributed by atoms with Crippen molar-refractivity contribution in [1.29, 1.82) is 0 Å². The molecule has 0 amide bonds. The SMILES string of the molecule is C=NC(c1ccc(C)cc1)c1ccc(Cl)cn1. The first-order valence-corrected chi connectivity index (χ1v) is 5.72. The number of halogens is 1. The Balaban J connectivity index is 2.36. The van der Waals surface area contributed by atoms with Gasteiger partial charge in [0.25, 0.3) is 0 Å². The molecule has 0 aliphatic rings. The van der Waals surface area contributed by atoms with Crippen molar-refractivity contribution < 1.29 is 0 Å². The Bertz CT molecular complexity index is 457. The number of hydrogen-bond donors (Lipinski definition) is 0. The van der Waals surface area contributed by atoms with Crippen molar-refractivity contribution in [3.05, 3.63) is 64.4 Å². The molecule has 2 rings (SSSR count). The van der Waals surface area contributed by atoms with Crippen LogP contribution in [0.15, 0.2) is 47.6 Å². The third kappa shape index (κ3) is 2.71. The molecule has 0 saturated carbocycles. The number of rotatable bonds is 3. The van der Waals surface area contributed by atoms with Crippen LogP contribution in [-0.2, 0) is 0 Å². The molecule has 0 radical (unpaired) electrons. The van der Waals surface area contributed by atoms with Crippen LogP contribution in [0.5, 0.6) is 0 Å². The Morgan fingerprint density at radius 2 is 1.88 bits per heavy atom. The van der Waals surface area contributed by atoms with Crippen molar-refractivity contribution in [1.82, 2.24) is 4.98 Å². The first-order valence-electron chi connectivity index (χ1n) is 5.34. The highest BCUT2D eigenvalue weighted by atomic mass is 35.5. The van der Waals surface area contributed by atoms with Crippen LogP contribution in [0.2, 0.25) is 5.02 Å². The van der Waals surface area contributed by atoms with Gasteiger partial charge < -0.3 is 0 Å². The molecule has 0 fully saturated rings. The van der Waals surface area contributed by atoms with E-state index < -0.39 is 0 Å². The summed E-state index contributed by atoms with van der Waals surface area (Å²) < 4.78 is 0. The van der Waals surface area contributed by atoms with Gasteiger partial charge in [-0.05, 0) is 31.3 Å². The molecule has 0 saturated heterocycles. The fraction of sp³-hybridized carbons (Fsp3) is 0.143. The molecule has 0 spiro atoms. The zero-order valence-corrected chi connectivity index (χ0v) is 10.4. The van der Waals surface area contributed by atoms with E-state index in [0.29, 0.717) is 5.02 Å². The summed E-state index contributed by atoms with van der Waals surface area (Å²) in [4.78, 5) is 8.41. The van der Waals surface area contributed by atoms with Crippen LogP contribution in [0.25, 0.3) is 0 Å². The average molecular weight is 245 g/mol. The summed E-state index contributed by atoms with van der Waals surface area (Å²) in [6, 6.07) is 11.8. The molecule has 0 aliphatic carbocycles. The highest BCUT2D eigenvalue weighted by molar-refractivity contribution is 6.30. The average Bonchev–Trinajstić information content (AvgIpc) is 2.35. The number of nitrogens with zero attached hydrogens (tertiary/aromatic N) is 2. The summed E-state index contributed by atoms with van der Waals surface area (Å²) in [6.45, 7) is 5.69. The molecular formula is C14H13ClN2. The Morgan fingerprint density at radius 1 is 1.18 bits per heavy atom. The normalized spacial score (nSPS) is 12.1. The second kappa shape index (κ2) is 5.11. The number of aromatic nitrogens is 1. The van der Waals surface area contributed by atoms with Gasteiger partial charge in [0.15, 0.2) is 0 Å². The lowest BCUT2D eigenvalue weighted by Gasteiger charge is -2.12. The molecule has 2 nitrogen and oxygen atoms in total. The minimum absolute atomic E-state index is 0.132. The van der Waals surface area contributed by atoms with E-state index in [1.54, 1.807) is 6.20 Å². The van der Waals surface area contributed by atoms with E-state index in [9.17, 15) is 0 Å². The summed E-state index contributed by atoms with van der Waals surface area (Å²) in [5.41, 5.74) is 3.16. The van der Waals surface area contributed by atoms with Gasteiger partial charge in [0.05, 0.1) is 10.7 Å². The van der Waals surface area contributed by atoms with Gasteiger partial charge in [0.1, 0.15) is 6.04 Å². The lowest BCUT2D eigenvalue weighted by atomic mass is 10.0. The van der Waals surface area contributed by atoms with Gasteiger partial charge in [-0.1, -0.05) is 41.4 Å². The fourth-order valence-electron chi connectivity index (χ4n) is 1.67. The van der Waals surface area contributed by atoms with Crippen LogP contribution in [0.3, 0.4) is 0 Å². The zero-order chi connectivity index (χ0) is 12.3. The van der Waals surface area contributed by atoms with Crippen molar-refractivity contribution in [2.75, 3.05) is 0 Å². The third-order valence-electron chi connectivity index (χ3n) is 2.61. The fourth-order valence-corrected chi connectivity index (χ4v) is 1.78. The van der Waals surface area contributed by atoms with Crippen LogP contribution in [0, 0.1) is 6.92 Å². The van der Waals surface area contributed by atoms with Gasteiger partial charge in [-0.3, -0.25) is 9.98 Å². The highest BCUT2D eigenvalue weighted by Gasteiger charge is 2.12. The van der Waals surface area contributed by atoms with E-state index >= 15 is 0 Å². The first kappa shape index (κ1) is 11.8. The summed E-state index contributed by atoms with van der Waals surface area (Å²) in [7, 11) is 0. The number of aryl methyl sites for hydroxylation is 1. The van der Waals surface area contributed by atoms with Crippen LogP contribution in [-0.4, -0.2) is 11.7 Å². The highest BCUT2D eigenvalue weighted by Crippen LogP contribution is 2.24. The van der Waals surface area contributed by atoms with E-state index in [4.69, 9.17) is 11.6 Å². The van der Waals surface area contributed by atoms with E-state index in [1.165, 1.54) is 5.56 Å². The molecule has 2 aromatic rings. The lowest BCUT2D eigenvalue weighted by molar-refractivity contribution is 0.837. The van der Waals surface area contributed by atoms with Gasteiger partial charge in [-0.15, -0.1) is 0 Å². The van der Waals surface area contributed by atoms with Crippen LogP contribution in [0.1, 0.15) is 22.9 Å². The van der Waals surface area contributed by atoms with Crippen molar-refractivity contribution in [3.8, 4) is 0 Å². The van der Waals surface area contributed by atoms with E-state index in [2.05, 4.69) is 35.8 Å². The summed E-state index contributed by atoms with van der Waals surface area (Å²) >= 11 is 5.82. The van der Waals surface area contributed by atoms with E-state index in [-0.39, 0.29) is 6.04 Å². The molecule has 0 bridgehead atoms. The Hall–Kier alpha value is -1.67. The van der Waals surface area contributed by atoms with Gasteiger partial charge in [0.2, 0.25) is 0 Å². The standard InChI is InChI=1S/C14H13ClN2/c1-10-3-5-11(6-4-10)14(16-2)13-8-7-12(15)9-17-13/h3-9,14H,2H2,1H3. The quantitative estimate of drug-likeness (QED) is 0.754. The number of hydrogen-bond acceptors (Lipinski definition) is 2. The lowest BCUT2D eigenvalue weighted by Crippen LogP contribution is -2.00. The van der Waals surface area contributed by atoms with Gasteiger partial charge in [0, 0.05) is 6.20 Å². The maximum Gasteiger partial charge on any atom is 0.116 e. The molecule has 17 heavy (non-hydrogen) atoms. The van der Waals surface area contributed by atoms with Crippen LogP contribution < -0.4 is 0 Å². The molecule has 1 heterocycles. The number of pyridine rings is 1. The van der Waals surface area contributed by atoms with Crippen molar-refractivity contribution >= 4 is 18.3 Å². The predicted octanol–water partition coefficient (Wildman–Crippen LogP) is 3.83. The van der Waals surface area contributed by atoms with Gasteiger partial charge in [-0.2, -0.15) is 0 Å². The predicted molar refractivity (Wildman–Crippen MR) is 71.8 cm³/mol. The minimum atomic E-state index is -0.132. The van der Waals surface area contributed by atoms with Crippen LogP contribution >= 0.6 is 11.6 Å². The van der Waals surface area contributed by atoms with E-state index in [1.807, 2.05) is 24.3 Å². The Morgan fingerprint density at radius 3 is 2.41 bits per heavy atom. The second-order valence-electron chi connectivity index (χ2n) is 3.90. The molecule has 1 aromatic heterocycles. The van der Waals surface area contributed by atoms with E-state index in [0.717, 1.165) is 11.3 Å². The number of aliphatic imine (C=N–C) groups is 1.